The van der Waals surface area contributed by atoms with Crippen molar-refractivity contribution in [1.29, 1.82) is 0 Å². The lowest BCUT2D eigenvalue weighted by atomic mass is 10.1. The molecule has 2 heterocycles. The molecule has 1 aromatic heterocycles. The Kier molecular flexibility index (Phi) is 3.14. The van der Waals surface area contributed by atoms with Gasteiger partial charge in [-0.25, -0.2) is 0 Å². The van der Waals surface area contributed by atoms with Gasteiger partial charge >= 0.3 is 0 Å². The second-order valence-electron chi connectivity index (χ2n) is 3.91. The van der Waals surface area contributed by atoms with Crippen LogP contribution in [0.4, 0.5) is 11.5 Å². The van der Waals surface area contributed by atoms with E-state index < -0.39 is 0 Å². The molecule has 88 valence electrons. The molecule has 5 nitrogen and oxygen atoms in total. The van der Waals surface area contributed by atoms with Gasteiger partial charge in [0, 0.05) is 6.61 Å². The molecule has 0 radical (unpaired) electrons. The molecule has 1 aliphatic rings. The Balaban J connectivity index is 2.09. The van der Waals surface area contributed by atoms with Crippen LogP contribution in [0.25, 0.3) is 0 Å². The molecule has 0 bridgehead atoms. The summed E-state index contributed by atoms with van der Waals surface area (Å²) in [4.78, 5) is 4.27. The normalized spacial score (nSPS) is 24.4. The summed E-state index contributed by atoms with van der Waals surface area (Å²) >= 11 is 0. The van der Waals surface area contributed by atoms with Gasteiger partial charge in [-0.05, 0) is 25.5 Å². The number of nitrogens with two attached hydrogens (primary N) is 1. The Labute approximate surface area is 95.0 Å². The summed E-state index contributed by atoms with van der Waals surface area (Å²) in [6.45, 7) is 2.85. The maximum absolute atomic E-state index is 5.70. The van der Waals surface area contributed by atoms with E-state index in [4.69, 9.17) is 15.2 Å². The minimum Gasteiger partial charge on any atom is -0.479 e. The van der Waals surface area contributed by atoms with Crippen LogP contribution in [0.3, 0.4) is 0 Å². The molecule has 0 saturated carbocycles. The molecule has 1 aromatic rings. The van der Waals surface area contributed by atoms with E-state index in [2.05, 4.69) is 17.2 Å². The lowest BCUT2D eigenvalue weighted by molar-refractivity contribution is 0.121. The van der Waals surface area contributed by atoms with E-state index in [9.17, 15) is 0 Å². The highest BCUT2D eigenvalue weighted by Crippen LogP contribution is 2.23. The number of ether oxygens (including phenoxy) is 2. The topological polar surface area (TPSA) is 69.4 Å². The number of nitrogen functional groups attached to an aromatic ring is 1. The molecule has 2 atom stereocenters. The maximum atomic E-state index is 5.70. The molecular formula is C11H17N3O2. The number of aromatic nitrogens is 1. The van der Waals surface area contributed by atoms with Crippen LogP contribution in [0.15, 0.2) is 12.1 Å². The summed E-state index contributed by atoms with van der Waals surface area (Å²) in [5.74, 6) is 1.23. The first-order valence-corrected chi connectivity index (χ1v) is 5.39. The fraction of sp³-hybridized carbons (Fsp3) is 0.545. The predicted octanol–water partition coefficient (Wildman–Crippen LogP) is 1.26. The Morgan fingerprint density at radius 1 is 1.56 bits per heavy atom. The molecule has 3 N–H and O–H groups in total. The summed E-state index contributed by atoms with van der Waals surface area (Å²) in [5, 5.41) is 3.32. The molecule has 0 amide bonds. The second kappa shape index (κ2) is 4.57. The average molecular weight is 223 g/mol. The van der Waals surface area contributed by atoms with Gasteiger partial charge in [0.2, 0.25) is 5.88 Å². The molecule has 2 unspecified atom stereocenters. The number of hydrogen-bond acceptors (Lipinski definition) is 5. The predicted molar refractivity (Wildman–Crippen MR) is 62.6 cm³/mol. The zero-order valence-electron chi connectivity index (χ0n) is 9.56. The van der Waals surface area contributed by atoms with Crippen molar-refractivity contribution >= 4 is 11.5 Å². The zero-order chi connectivity index (χ0) is 11.5. The third-order valence-corrected chi connectivity index (χ3v) is 2.79. The van der Waals surface area contributed by atoms with Crippen LogP contribution >= 0.6 is 0 Å². The van der Waals surface area contributed by atoms with E-state index in [1.165, 1.54) is 0 Å². The number of nitrogens with one attached hydrogen (secondary N) is 1. The third-order valence-electron chi connectivity index (χ3n) is 2.79. The number of hydrogen-bond donors (Lipinski definition) is 2. The van der Waals surface area contributed by atoms with E-state index >= 15 is 0 Å². The van der Waals surface area contributed by atoms with Crippen LogP contribution in [-0.2, 0) is 4.74 Å². The third kappa shape index (κ3) is 2.19. The van der Waals surface area contributed by atoms with Crippen LogP contribution in [0.2, 0.25) is 0 Å². The molecule has 1 saturated heterocycles. The van der Waals surface area contributed by atoms with Gasteiger partial charge in [0.1, 0.15) is 5.82 Å². The van der Waals surface area contributed by atoms with E-state index in [1.54, 1.807) is 13.2 Å². The molecule has 5 heteroatoms. The minimum atomic E-state index is 0.213. The first kappa shape index (κ1) is 11.0. The molecule has 0 aromatic carbocycles. The quantitative estimate of drug-likeness (QED) is 0.807. The Morgan fingerprint density at radius 2 is 2.38 bits per heavy atom. The highest BCUT2D eigenvalue weighted by atomic mass is 16.5. The summed E-state index contributed by atoms with van der Waals surface area (Å²) in [5.41, 5.74) is 6.24. The first-order chi connectivity index (χ1) is 7.70. The maximum Gasteiger partial charge on any atom is 0.238 e. The average Bonchev–Trinajstić information content (AvgIpc) is 2.67. The van der Waals surface area contributed by atoms with Crippen LogP contribution in [0, 0.1) is 0 Å². The molecular weight excluding hydrogens is 206 g/mol. The fourth-order valence-corrected chi connectivity index (χ4v) is 1.81. The van der Waals surface area contributed by atoms with Crippen molar-refractivity contribution < 1.29 is 9.47 Å². The Hall–Kier alpha value is -1.49. The van der Waals surface area contributed by atoms with Crippen molar-refractivity contribution in [1.82, 2.24) is 4.98 Å². The van der Waals surface area contributed by atoms with Crippen LogP contribution in [-0.4, -0.2) is 30.8 Å². The number of pyridine rings is 1. The lowest BCUT2D eigenvalue weighted by Crippen LogP contribution is -2.27. The van der Waals surface area contributed by atoms with Crippen molar-refractivity contribution in [3.8, 4) is 5.88 Å². The van der Waals surface area contributed by atoms with Crippen molar-refractivity contribution in [3.05, 3.63) is 12.1 Å². The van der Waals surface area contributed by atoms with Crippen LogP contribution < -0.4 is 15.8 Å². The number of rotatable bonds is 3. The number of anilines is 2. The smallest absolute Gasteiger partial charge is 0.238 e. The van der Waals surface area contributed by atoms with Crippen molar-refractivity contribution in [2.45, 2.75) is 25.5 Å². The van der Waals surface area contributed by atoms with Gasteiger partial charge in [-0.2, -0.15) is 4.98 Å². The standard InChI is InChI=1S/C11H17N3O2/c1-7-9(5-6-16-7)13-10-4-3-8(12)11(14-10)15-2/h3-4,7,9H,5-6,12H2,1-2H3,(H,13,14). The van der Waals surface area contributed by atoms with Gasteiger partial charge in [-0.1, -0.05) is 0 Å². The molecule has 0 spiro atoms. The molecule has 16 heavy (non-hydrogen) atoms. The SMILES string of the molecule is COc1nc(NC2CCOC2C)ccc1N. The van der Waals surface area contributed by atoms with Gasteiger partial charge in [0.25, 0.3) is 0 Å². The van der Waals surface area contributed by atoms with E-state index in [1.807, 2.05) is 6.07 Å². The van der Waals surface area contributed by atoms with Crippen molar-refractivity contribution in [2.75, 3.05) is 24.8 Å². The molecule has 2 rings (SSSR count). The molecule has 0 aliphatic carbocycles. The van der Waals surface area contributed by atoms with Gasteiger partial charge in [0.15, 0.2) is 0 Å². The second-order valence-corrected chi connectivity index (χ2v) is 3.91. The van der Waals surface area contributed by atoms with E-state index in [0.29, 0.717) is 17.6 Å². The van der Waals surface area contributed by atoms with Crippen molar-refractivity contribution in [2.24, 2.45) is 0 Å². The fourth-order valence-electron chi connectivity index (χ4n) is 1.81. The summed E-state index contributed by atoms with van der Waals surface area (Å²) < 4.78 is 10.5. The zero-order valence-corrected chi connectivity index (χ0v) is 9.56. The highest BCUT2D eigenvalue weighted by Gasteiger charge is 2.24. The van der Waals surface area contributed by atoms with Crippen molar-refractivity contribution in [3.63, 3.8) is 0 Å². The monoisotopic (exact) mass is 223 g/mol. The highest BCUT2D eigenvalue weighted by molar-refractivity contribution is 5.53. The Bertz CT molecular complexity index is 370. The van der Waals surface area contributed by atoms with Crippen LogP contribution in [0.5, 0.6) is 5.88 Å². The first-order valence-electron chi connectivity index (χ1n) is 5.39. The Morgan fingerprint density at radius 3 is 3.00 bits per heavy atom. The van der Waals surface area contributed by atoms with E-state index in [0.717, 1.165) is 18.8 Å². The van der Waals surface area contributed by atoms with Gasteiger partial charge in [-0.15, -0.1) is 0 Å². The van der Waals surface area contributed by atoms with Crippen LogP contribution in [0.1, 0.15) is 13.3 Å². The minimum absolute atomic E-state index is 0.213. The summed E-state index contributed by atoms with van der Waals surface area (Å²) in [7, 11) is 1.56. The number of nitrogens with zero attached hydrogens (tertiary/aromatic N) is 1. The van der Waals surface area contributed by atoms with Gasteiger partial charge in [0.05, 0.1) is 24.9 Å². The summed E-state index contributed by atoms with van der Waals surface area (Å²) in [6.07, 6.45) is 1.21. The summed E-state index contributed by atoms with van der Waals surface area (Å²) in [6, 6.07) is 3.94. The van der Waals surface area contributed by atoms with Gasteiger partial charge < -0.3 is 20.5 Å². The molecule has 1 aliphatic heterocycles. The molecule has 1 fully saturated rings. The largest absolute Gasteiger partial charge is 0.479 e. The van der Waals surface area contributed by atoms with Gasteiger partial charge in [-0.3, -0.25) is 0 Å². The number of methoxy groups -OCH3 is 1. The van der Waals surface area contributed by atoms with E-state index in [-0.39, 0.29) is 6.10 Å². The lowest BCUT2D eigenvalue weighted by Gasteiger charge is -2.17.